The van der Waals surface area contributed by atoms with Gasteiger partial charge in [-0.1, -0.05) is 19.1 Å². The van der Waals surface area contributed by atoms with Gasteiger partial charge in [0.15, 0.2) is 0 Å². The zero-order valence-corrected chi connectivity index (χ0v) is 14.9. The van der Waals surface area contributed by atoms with Crippen LogP contribution < -0.4 is 9.97 Å². The number of fused-ring (bicyclic) bond motifs is 1. The van der Waals surface area contributed by atoms with Crippen LogP contribution in [-0.2, 0) is 25.5 Å². The van der Waals surface area contributed by atoms with E-state index in [9.17, 15) is 19.4 Å². The van der Waals surface area contributed by atoms with E-state index in [2.05, 4.69) is 11.2 Å². The zero-order chi connectivity index (χ0) is 19.8. The summed E-state index contributed by atoms with van der Waals surface area (Å²) in [6.07, 6.45) is 6.01. The van der Waals surface area contributed by atoms with Gasteiger partial charge in [0.2, 0.25) is 12.7 Å². The number of benzene rings is 1. The lowest BCUT2D eigenvalue weighted by molar-refractivity contribution is -0.151. The highest BCUT2D eigenvalue weighted by molar-refractivity contribution is 6.47. The van der Waals surface area contributed by atoms with E-state index in [1.807, 2.05) is 0 Å². The standard InChI is InChI=1S/C18H20BNO7/c1-3-5-9-15(21)20-14-10-12-7-6-8-13(17(12)27-19(14)24)18(23)26-11-25-16(22)4-2/h1,6-8,14,24H,4-5,9-11H2,2H3,(H,20,21). The number of ether oxygens (including phenoxy) is 2. The highest BCUT2D eigenvalue weighted by atomic mass is 16.7. The molecule has 1 atom stereocenters. The number of carbonyl (C=O) groups is 3. The lowest BCUT2D eigenvalue weighted by Crippen LogP contribution is -2.53. The van der Waals surface area contributed by atoms with Crippen LogP contribution in [0, 0.1) is 12.3 Å². The third-order valence-electron chi connectivity index (χ3n) is 3.88. The summed E-state index contributed by atoms with van der Waals surface area (Å²) in [5.74, 6) is 0.341. The largest absolute Gasteiger partial charge is 0.547 e. The molecule has 2 N–H and O–H groups in total. The minimum absolute atomic E-state index is 0.0937. The van der Waals surface area contributed by atoms with Crippen LogP contribution in [0.15, 0.2) is 18.2 Å². The number of esters is 2. The fraction of sp³-hybridized carbons (Fsp3) is 0.389. The summed E-state index contributed by atoms with van der Waals surface area (Å²) < 4.78 is 15.1. The first-order valence-corrected chi connectivity index (χ1v) is 8.48. The summed E-state index contributed by atoms with van der Waals surface area (Å²) in [5.41, 5.74) is 0.721. The van der Waals surface area contributed by atoms with Crippen molar-refractivity contribution in [2.75, 3.05) is 6.79 Å². The van der Waals surface area contributed by atoms with Gasteiger partial charge < -0.3 is 24.5 Å². The number of nitrogens with one attached hydrogen (secondary N) is 1. The molecule has 0 fully saturated rings. The smallest absolute Gasteiger partial charge is 0.534 e. The number of para-hydroxylation sites is 1. The number of terminal acetylenes is 1. The lowest BCUT2D eigenvalue weighted by Gasteiger charge is -2.29. The summed E-state index contributed by atoms with van der Waals surface area (Å²) in [6.45, 7) is 1.11. The van der Waals surface area contributed by atoms with Gasteiger partial charge >= 0.3 is 19.1 Å². The molecule has 1 amide bonds. The van der Waals surface area contributed by atoms with Crippen molar-refractivity contribution in [1.29, 1.82) is 0 Å². The first-order chi connectivity index (χ1) is 13.0. The second kappa shape index (κ2) is 9.64. The normalized spacial score (nSPS) is 15.0. The fourth-order valence-corrected chi connectivity index (χ4v) is 2.50. The third-order valence-corrected chi connectivity index (χ3v) is 3.88. The molecule has 0 spiro atoms. The first-order valence-electron chi connectivity index (χ1n) is 8.48. The van der Waals surface area contributed by atoms with Crippen molar-refractivity contribution < 1.29 is 33.5 Å². The maximum absolute atomic E-state index is 12.2. The zero-order valence-electron chi connectivity index (χ0n) is 14.9. The minimum Gasteiger partial charge on any atom is -0.534 e. The molecule has 1 unspecified atom stereocenters. The topological polar surface area (TPSA) is 111 Å². The molecule has 2 rings (SSSR count). The Morgan fingerprint density at radius 2 is 2.19 bits per heavy atom. The van der Waals surface area contributed by atoms with Crippen LogP contribution in [0.3, 0.4) is 0 Å². The Kier molecular flexibility index (Phi) is 7.26. The number of amides is 1. The second-order valence-electron chi connectivity index (χ2n) is 5.80. The van der Waals surface area contributed by atoms with Crippen LogP contribution in [0.1, 0.15) is 42.1 Å². The molecule has 0 radical (unpaired) electrons. The molecule has 9 heteroatoms. The second-order valence-corrected chi connectivity index (χ2v) is 5.80. The van der Waals surface area contributed by atoms with Crippen LogP contribution in [0.5, 0.6) is 5.75 Å². The molecule has 27 heavy (non-hydrogen) atoms. The van der Waals surface area contributed by atoms with Gasteiger partial charge in [0.1, 0.15) is 11.3 Å². The molecular formula is C18H20BNO7. The average molecular weight is 373 g/mol. The molecule has 1 heterocycles. The number of rotatable bonds is 7. The van der Waals surface area contributed by atoms with Crippen molar-refractivity contribution in [2.45, 2.75) is 38.5 Å². The fourth-order valence-electron chi connectivity index (χ4n) is 2.50. The molecule has 1 aliphatic rings. The summed E-state index contributed by atoms with van der Waals surface area (Å²) in [4.78, 5) is 35.1. The van der Waals surface area contributed by atoms with Crippen molar-refractivity contribution in [3.05, 3.63) is 29.3 Å². The molecule has 1 aliphatic heterocycles. The molecular weight excluding hydrogens is 353 g/mol. The van der Waals surface area contributed by atoms with Crippen LogP contribution in [-0.4, -0.2) is 42.7 Å². The third kappa shape index (κ3) is 5.49. The predicted molar refractivity (Wildman–Crippen MR) is 95.4 cm³/mol. The van der Waals surface area contributed by atoms with Crippen molar-refractivity contribution in [3.63, 3.8) is 0 Å². The van der Waals surface area contributed by atoms with E-state index >= 15 is 0 Å². The Morgan fingerprint density at radius 1 is 1.41 bits per heavy atom. The van der Waals surface area contributed by atoms with Gasteiger partial charge in [-0.05, 0) is 18.1 Å². The van der Waals surface area contributed by atoms with Crippen LogP contribution in [0.25, 0.3) is 0 Å². The Bertz CT molecular complexity index is 759. The van der Waals surface area contributed by atoms with Crippen LogP contribution in [0.4, 0.5) is 0 Å². The van der Waals surface area contributed by atoms with E-state index in [0.29, 0.717) is 12.0 Å². The van der Waals surface area contributed by atoms with Gasteiger partial charge in [-0.25, -0.2) is 4.79 Å². The molecule has 1 aromatic carbocycles. The van der Waals surface area contributed by atoms with E-state index < -0.39 is 31.8 Å². The predicted octanol–water partition coefficient (Wildman–Crippen LogP) is 0.607. The van der Waals surface area contributed by atoms with E-state index in [0.717, 1.165) is 0 Å². The number of hydrogen-bond acceptors (Lipinski definition) is 7. The van der Waals surface area contributed by atoms with Gasteiger partial charge in [-0.15, -0.1) is 12.3 Å². The Balaban J connectivity index is 2.05. The van der Waals surface area contributed by atoms with E-state index in [4.69, 9.17) is 20.6 Å². The monoisotopic (exact) mass is 373 g/mol. The Morgan fingerprint density at radius 3 is 2.89 bits per heavy atom. The Hall–Kier alpha value is -2.99. The molecule has 0 saturated heterocycles. The molecule has 0 aromatic heterocycles. The molecule has 1 aromatic rings. The van der Waals surface area contributed by atoms with Crippen LogP contribution in [0.2, 0.25) is 0 Å². The van der Waals surface area contributed by atoms with Gasteiger partial charge in [-0.2, -0.15) is 0 Å². The average Bonchev–Trinajstić information content (AvgIpc) is 2.66. The summed E-state index contributed by atoms with van der Waals surface area (Å²) >= 11 is 0. The molecule has 142 valence electrons. The van der Waals surface area contributed by atoms with Crippen molar-refractivity contribution in [3.8, 4) is 18.1 Å². The molecule has 0 saturated carbocycles. The Labute approximate surface area is 157 Å². The molecule has 0 aliphatic carbocycles. The lowest BCUT2D eigenvalue weighted by atomic mass is 9.72. The van der Waals surface area contributed by atoms with Crippen molar-refractivity contribution in [2.24, 2.45) is 0 Å². The SMILES string of the molecule is C#CCCC(=O)NC1Cc2cccc(C(=O)OCOC(=O)CC)c2OB1O. The van der Waals surface area contributed by atoms with Gasteiger partial charge in [-0.3, -0.25) is 9.59 Å². The minimum atomic E-state index is -1.33. The number of carbonyl (C=O) groups excluding carboxylic acids is 3. The van der Waals surface area contributed by atoms with E-state index in [-0.39, 0.29) is 36.5 Å². The molecule has 0 bridgehead atoms. The highest BCUT2D eigenvalue weighted by Gasteiger charge is 2.37. The van der Waals surface area contributed by atoms with Gasteiger partial charge in [0.05, 0.1) is 5.94 Å². The summed E-state index contributed by atoms with van der Waals surface area (Å²) in [5, 5.41) is 12.8. The van der Waals surface area contributed by atoms with E-state index in [1.165, 1.54) is 6.07 Å². The van der Waals surface area contributed by atoms with Crippen LogP contribution >= 0.6 is 0 Å². The number of hydrogen-bond donors (Lipinski definition) is 2. The highest BCUT2D eigenvalue weighted by Crippen LogP contribution is 2.30. The summed E-state index contributed by atoms with van der Waals surface area (Å²) in [6, 6.07) is 4.82. The quantitative estimate of drug-likeness (QED) is 0.312. The summed E-state index contributed by atoms with van der Waals surface area (Å²) in [7, 11) is -1.33. The first kappa shape index (κ1) is 20.3. The maximum atomic E-state index is 12.2. The van der Waals surface area contributed by atoms with Crippen molar-refractivity contribution >= 4 is 25.0 Å². The molecule has 8 nitrogen and oxygen atoms in total. The van der Waals surface area contributed by atoms with Crippen molar-refractivity contribution in [1.82, 2.24) is 5.32 Å². The van der Waals surface area contributed by atoms with E-state index in [1.54, 1.807) is 19.1 Å². The maximum Gasteiger partial charge on any atom is 0.547 e. The van der Waals surface area contributed by atoms with Gasteiger partial charge in [0.25, 0.3) is 0 Å². The van der Waals surface area contributed by atoms with Gasteiger partial charge in [0, 0.05) is 19.3 Å².